The lowest BCUT2D eigenvalue weighted by Crippen LogP contribution is -2.24. The molecule has 0 fully saturated rings. The summed E-state index contributed by atoms with van der Waals surface area (Å²) in [6.45, 7) is 1.30. The van der Waals surface area contributed by atoms with Gasteiger partial charge >= 0.3 is 6.18 Å². The van der Waals surface area contributed by atoms with E-state index >= 15 is 0 Å². The third-order valence-corrected chi connectivity index (χ3v) is 4.48. The van der Waals surface area contributed by atoms with Gasteiger partial charge in [0.2, 0.25) is 5.91 Å². The molecule has 5 nitrogen and oxygen atoms in total. The highest BCUT2D eigenvalue weighted by atomic mass is 19.4. The number of rotatable bonds is 5. The summed E-state index contributed by atoms with van der Waals surface area (Å²) in [7, 11) is 0. The van der Waals surface area contributed by atoms with E-state index in [-0.39, 0.29) is 5.91 Å². The first-order chi connectivity index (χ1) is 12.9. The Morgan fingerprint density at radius 1 is 1.22 bits per heavy atom. The zero-order chi connectivity index (χ0) is 19.3. The molecule has 0 saturated carbocycles. The SMILES string of the molecule is O=C(/C=C\c1cccc(C(F)(F)F)c1)NCCc1nnc2n1CCCCC2. The Bertz CT molecular complexity index is 827. The average molecular weight is 378 g/mol. The number of nitrogens with zero attached hydrogens (tertiary/aromatic N) is 3. The Balaban J connectivity index is 1.52. The van der Waals surface area contributed by atoms with E-state index < -0.39 is 11.7 Å². The molecule has 2 aromatic rings. The Hall–Kier alpha value is -2.64. The number of nitrogens with one attached hydrogen (secondary N) is 1. The molecule has 144 valence electrons. The monoisotopic (exact) mass is 378 g/mol. The molecule has 0 spiro atoms. The highest BCUT2D eigenvalue weighted by molar-refractivity contribution is 5.91. The number of benzene rings is 1. The molecule has 1 amide bonds. The van der Waals surface area contributed by atoms with E-state index in [2.05, 4.69) is 20.1 Å². The van der Waals surface area contributed by atoms with Crippen molar-refractivity contribution in [3.05, 3.63) is 53.1 Å². The van der Waals surface area contributed by atoms with E-state index in [4.69, 9.17) is 0 Å². The molecule has 1 aromatic heterocycles. The Kier molecular flexibility index (Phi) is 5.93. The topological polar surface area (TPSA) is 59.8 Å². The lowest BCUT2D eigenvalue weighted by molar-refractivity contribution is -0.137. The van der Waals surface area contributed by atoms with Gasteiger partial charge in [-0.3, -0.25) is 4.79 Å². The number of hydrogen-bond donors (Lipinski definition) is 1. The van der Waals surface area contributed by atoms with Gasteiger partial charge in [0.05, 0.1) is 5.56 Å². The maximum atomic E-state index is 12.7. The van der Waals surface area contributed by atoms with E-state index in [0.717, 1.165) is 49.6 Å². The lowest BCUT2D eigenvalue weighted by atomic mass is 10.1. The van der Waals surface area contributed by atoms with Gasteiger partial charge < -0.3 is 9.88 Å². The number of amides is 1. The third-order valence-electron chi connectivity index (χ3n) is 4.48. The summed E-state index contributed by atoms with van der Waals surface area (Å²) in [6, 6.07) is 4.84. The molecule has 3 rings (SSSR count). The first-order valence-electron chi connectivity index (χ1n) is 8.97. The van der Waals surface area contributed by atoms with Gasteiger partial charge in [-0.25, -0.2) is 0 Å². The van der Waals surface area contributed by atoms with Crippen molar-refractivity contribution in [1.29, 1.82) is 0 Å². The summed E-state index contributed by atoms with van der Waals surface area (Å²) in [5.41, 5.74) is -0.416. The molecule has 0 aliphatic carbocycles. The number of carbonyl (C=O) groups is 1. The predicted molar refractivity (Wildman–Crippen MR) is 94.8 cm³/mol. The van der Waals surface area contributed by atoms with Crippen molar-refractivity contribution in [2.75, 3.05) is 6.54 Å². The summed E-state index contributed by atoms with van der Waals surface area (Å²) in [6.07, 6.45) is 3.10. The normalized spacial score (nSPS) is 14.8. The molecular weight excluding hydrogens is 357 g/mol. The van der Waals surface area contributed by atoms with Crippen LogP contribution in [0, 0.1) is 0 Å². The van der Waals surface area contributed by atoms with Crippen LogP contribution in [0.5, 0.6) is 0 Å². The second-order valence-corrected chi connectivity index (χ2v) is 6.49. The largest absolute Gasteiger partial charge is 0.416 e. The fourth-order valence-electron chi connectivity index (χ4n) is 3.08. The predicted octanol–water partition coefficient (Wildman–Crippen LogP) is 3.40. The molecule has 0 saturated heterocycles. The number of hydrogen-bond acceptors (Lipinski definition) is 3. The van der Waals surface area contributed by atoms with Gasteiger partial charge in [-0.05, 0) is 36.6 Å². The second-order valence-electron chi connectivity index (χ2n) is 6.49. The van der Waals surface area contributed by atoms with Crippen molar-refractivity contribution >= 4 is 12.0 Å². The molecule has 1 aromatic carbocycles. The van der Waals surface area contributed by atoms with E-state index in [1.54, 1.807) is 0 Å². The number of aromatic nitrogens is 3. The summed E-state index contributed by atoms with van der Waals surface area (Å²) >= 11 is 0. The van der Waals surface area contributed by atoms with Gasteiger partial charge in [0.1, 0.15) is 11.6 Å². The fourth-order valence-corrected chi connectivity index (χ4v) is 3.08. The molecule has 0 radical (unpaired) electrons. The summed E-state index contributed by atoms with van der Waals surface area (Å²) in [5, 5.41) is 11.1. The summed E-state index contributed by atoms with van der Waals surface area (Å²) in [4.78, 5) is 11.9. The number of fused-ring (bicyclic) bond motifs is 1. The lowest BCUT2D eigenvalue weighted by Gasteiger charge is -2.07. The first kappa shape index (κ1) is 19.1. The van der Waals surface area contributed by atoms with Crippen LogP contribution in [0.25, 0.3) is 6.08 Å². The highest BCUT2D eigenvalue weighted by Crippen LogP contribution is 2.29. The van der Waals surface area contributed by atoms with Crippen molar-refractivity contribution in [2.24, 2.45) is 0 Å². The summed E-state index contributed by atoms with van der Waals surface area (Å²) in [5.74, 6) is 1.50. The molecule has 1 aliphatic rings. The minimum atomic E-state index is -4.40. The number of alkyl halides is 3. The van der Waals surface area contributed by atoms with Crippen LogP contribution in [0.3, 0.4) is 0 Å². The van der Waals surface area contributed by atoms with Crippen LogP contribution in [0.1, 0.15) is 42.0 Å². The molecule has 27 heavy (non-hydrogen) atoms. The standard InChI is InChI=1S/C19H21F3N4O/c20-19(21,22)15-6-4-5-14(13-15)8-9-18(27)23-11-10-17-25-24-16-7-2-1-3-12-26(16)17/h4-6,8-9,13H,1-3,7,10-12H2,(H,23,27)/b9-8-. The molecular formula is C19H21F3N4O. The molecule has 2 heterocycles. The van der Waals surface area contributed by atoms with Crippen molar-refractivity contribution in [3.63, 3.8) is 0 Å². The Morgan fingerprint density at radius 2 is 2.07 bits per heavy atom. The van der Waals surface area contributed by atoms with Crippen LogP contribution in [-0.2, 0) is 30.4 Å². The highest BCUT2D eigenvalue weighted by Gasteiger charge is 2.30. The van der Waals surface area contributed by atoms with Crippen molar-refractivity contribution < 1.29 is 18.0 Å². The Labute approximate surface area is 155 Å². The van der Waals surface area contributed by atoms with E-state index in [9.17, 15) is 18.0 Å². The molecule has 0 bridgehead atoms. The van der Waals surface area contributed by atoms with E-state index in [0.29, 0.717) is 18.5 Å². The first-order valence-corrected chi connectivity index (χ1v) is 8.97. The van der Waals surface area contributed by atoms with Crippen LogP contribution in [-0.4, -0.2) is 27.2 Å². The maximum absolute atomic E-state index is 12.7. The molecule has 0 atom stereocenters. The zero-order valence-corrected chi connectivity index (χ0v) is 14.8. The average Bonchev–Trinajstić information content (AvgIpc) is 2.86. The number of carbonyl (C=O) groups excluding carboxylic acids is 1. The van der Waals surface area contributed by atoms with Crippen LogP contribution in [0.4, 0.5) is 13.2 Å². The maximum Gasteiger partial charge on any atom is 0.416 e. The third kappa shape index (κ3) is 5.18. The number of halogens is 3. The van der Waals surface area contributed by atoms with E-state index in [1.807, 2.05) is 0 Å². The second kappa shape index (κ2) is 8.37. The van der Waals surface area contributed by atoms with Crippen LogP contribution in [0.2, 0.25) is 0 Å². The van der Waals surface area contributed by atoms with Crippen molar-refractivity contribution in [2.45, 2.75) is 44.8 Å². The molecule has 1 N–H and O–H groups in total. The van der Waals surface area contributed by atoms with Gasteiger partial charge in [0, 0.05) is 32.0 Å². The molecule has 0 unspecified atom stereocenters. The molecule has 8 heteroatoms. The van der Waals surface area contributed by atoms with Crippen LogP contribution < -0.4 is 5.32 Å². The molecule has 1 aliphatic heterocycles. The smallest absolute Gasteiger partial charge is 0.352 e. The Morgan fingerprint density at radius 3 is 2.89 bits per heavy atom. The van der Waals surface area contributed by atoms with Gasteiger partial charge in [0.25, 0.3) is 0 Å². The number of aryl methyl sites for hydroxylation is 1. The van der Waals surface area contributed by atoms with Gasteiger partial charge in [-0.15, -0.1) is 10.2 Å². The van der Waals surface area contributed by atoms with Crippen LogP contribution >= 0.6 is 0 Å². The quantitative estimate of drug-likeness (QED) is 0.812. The minimum Gasteiger partial charge on any atom is -0.352 e. The van der Waals surface area contributed by atoms with Crippen LogP contribution in [0.15, 0.2) is 30.3 Å². The van der Waals surface area contributed by atoms with Gasteiger partial charge in [-0.2, -0.15) is 13.2 Å². The van der Waals surface area contributed by atoms with Crippen molar-refractivity contribution in [1.82, 2.24) is 20.1 Å². The van der Waals surface area contributed by atoms with Gasteiger partial charge in [0.15, 0.2) is 0 Å². The zero-order valence-electron chi connectivity index (χ0n) is 14.8. The fraction of sp³-hybridized carbons (Fsp3) is 0.421. The van der Waals surface area contributed by atoms with E-state index in [1.165, 1.54) is 30.7 Å². The summed E-state index contributed by atoms with van der Waals surface area (Å²) < 4.78 is 40.2. The van der Waals surface area contributed by atoms with Crippen molar-refractivity contribution in [3.8, 4) is 0 Å². The van der Waals surface area contributed by atoms with Gasteiger partial charge in [-0.1, -0.05) is 18.6 Å². The minimum absolute atomic E-state index is 0.322.